The van der Waals surface area contributed by atoms with Crippen LogP contribution in [0.15, 0.2) is 41.5 Å². The van der Waals surface area contributed by atoms with Gasteiger partial charge in [0.1, 0.15) is 5.75 Å². The van der Waals surface area contributed by atoms with Gasteiger partial charge in [-0.15, -0.1) is 0 Å². The number of nitrogens with zero attached hydrogens (tertiary/aromatic N) is 1. The summed E-state index contributed by atoms with van der Waals surface area (Å²) < 4.78 is 15.9. The monoisotopic (exact) mass is 407 g/mol. The van der Waals surface area contributed by atoms with Gasteiger partial charge >= 0.3 is 0 Å². The Morgan fingerprint density at radius 3 is 2.56 bits per heavy atom. The average molecular weight is 408 g/mol. The second-order valence-corrected chi connectivity index (χ2v) is 6.18. The Balaban J connectivity index is 1.90. The number of rotatable bonds is 8. The fraction of sp³-hybridized carbons (Fsp3) is 0.263. The van der Waals surface area contributed by atoms with Crippen LogP contribution in [0.25, 0.3) is 0 Å². The minimum Gasteiger partial charge on any atom is -0.497 e. The molecule has 27 heavy (non-hydrogen) atoms. The van der Waals surface area contributed by atoms with E-state index >= 15 is 0 Å². The van der Waals surface area contributed by atoms with Crippen LogP contribution in [0.2, 0.25) is 5.02 Å². The van der Waals surface area contributed by atoms with Gasteiger partial charge in [0.25, 0.3) is 0 Å². The minimum atomic E-state index is 0.408. The van der Waals surface area contributed by atoms with E-state index in [-0.39, 0.29) is 0 Å². The average Bonchev–Trinajstić information content (AvgIpc) is 2.68. The molecule has 0 bridgehead atoms. The minimum absolute atomic E-state index is 0.408. The zero-order valence-electron chi connectivity index (χ0n) is 15.4. The van der Waals surface area contributed by atoms with Crippen molar-refractivity contribution in [3.63, 3.8) is 0 Å². The summed E-state index contributed by atoms with van der Waals surface area (Å²) in [7, 11) is 3.20. The van der Waals surface area contributed by atoms with Gasteiger partial charge in [-0.2, -0.15) is 5.10 Å². The highest BCUT2D eigenvalue weighted by molar-refractivity contribution is 7.80. The molecule has 0 saturated carbocycles. The maximum absolute atomic E-state index is 6.24. The van der Waals surface area contributed by atoms with Gasteiger partial charge in [-0.3, -0.25) is 5.43 Å². The highest BCUT2D eigenvalue weighted by Crippen LogP contribution is 2.35. The Bertz CT molecular complexity index is 798. The lowest BCUT2D eigenvalue weighted by Gasteiger charge is -2.11. The maximum atomic E-state index is 6.24. The van der Waals surface area contributed by atoms with Crippen molar-refractivity contribution in [1.82, 2.24) is 10.7 Å². The molecule has 8 heteroatoms. The van der Waals surface area contributed by atoms with Gasteiger partial charge in [-0.05, 0) is 54.5 Å². The van der Waals surface area contributed by atoms with E-state index in [0.29, 0.717) is 34.8 Å². The normalized spacial score (nSPS) is 10.5. The molecule has 0 aliphatic heterocycles. The van der Waals surface area contributed by atoms with Crippen LogP contribution in [0.5, 0.6) is 17.2 Å². The van der Waals surface area contributed by atoms with E-state index in [2.05, 4.69) is 15.8 Å². The first kappa shape index (κ1) is 20.8. The molecular formula is C19H22ClN3O3S. The largest absolute Gasteiger partial charge is 0.497 e. The number of halogens is 1. The van der Waals surface area contributed by atoms with Crippen molar-refractivity contribution < 1.29 is 14.2 Å². The fourth-order valence-corrected chi connectivity index (χ4v) is 2.63. The van der Waals surface area contributed by atoms with E-state index < -0.39 is 0 Å². The van der Waals surface area contributed by atoms with Crippen molar-refractivity contribution in [2.75, 3.05) is 20.8 Å². The van der Waals surface area contributed by atoms with Gasteiger partial charge in [0.2, 0.25) is 0 Å². The van der Waals surface area contributed by atoms with E-state index in [1.165, 1.54) is 0 Å². The molecule has 2 rings (SSSR count). The summed E-state index contributed by atoms with van der Waals surface area (Å²) in [5.41, 5.74) is 4.60. The van der Waals surface area contributed by atoms with Crippen LogP contribution >= 0.6 is 23.8 Å². The van der Waals surface area contributed by atoms with Gasteiger partial charge in [0.15, 0.2) is 16.6 Å². The Morgan fingerprint density at radius 1 is 1.19 bits per heavy atom. The molecule has 0 radical (unpaired) electrons. The van der Waals surface area contributed by atoms with Crippen LogP contribution in [0.4, 0.5) is 0 Å². The summed E-state index contributed by atoms with van der Waals surface area (Å²) in [5.74, 6) is 1.88. The number of thiocarbonyl (C=S) groups is 1. The molecule has 2 N–H and O–H groups in total. The van der Waals surface area contributed by atoms with E-state index in [1.807, 2.05) is 31.2 Å². The molecule has 0 aliphatic carbocycles. The third kappa shape index (κ3) is 6.30. The zero-order valence-corrected chi connectivity index (χ0v) is 17.0. The number of hydrogen-bond donors (Lipinski definition) is 2. The second-order valence-electron chi connectivity index (χ2n) is 5.37. The Labute approximate surface area is 169 Å². The number of hydrogen-bond acceptors (Lipinski definition) is 5. The van der Waals surface area contributed by atoms with Crippen LogP contribution in [-0.2, 0) is 6.54 Å². The van der Waals surface area contributed by atoms with Crippen molar-refractivity contribution in [3.05, 3.63) is 52.5 Å². The standard InChI is InChI=1S/C19H22ClN3O3S/c1-4-26-18-16(20)9-14(10-17(18)25-3)12-22-23-19(27)21-11-13-5-7-15(24-2)8-6-13/h5-10,12H,4,11H2,1-3H3,(H2,21,23,27)/b22-12-. The first-order chi connectivity index (χ1) is 13.1. The van der Waals surface area contributed by atoms with Crippen molar-refractivity contribution >= 4 is 35.1 Å². The predicted molar refractivity (Wildman–Crippen MR) is 112 cm³/mol. The van der Waals surface area contributed by atoms with Crippen LogP contribution in [-0.4, -0.2) is 32.2 Å². The molecule has 0 heterocycles. The van der Waals surface area contributed by atoms with Gasteiger partial charge < -0.3 is 19.5 Å². The first-order valence-corrected chi connectivity index (χ1v) is 9.06. The lowest BCUT2D eigenvalue weighted by molar-refractivity contribution is 0.311. The Hall–Kier alpha value is -2.51. The van der Waals surface area contributed by atoms with Gasteiger partial charge in [-0.1, -0.05) is 23.7 Å². The molecule has 0 saturated heterocycles. The number of nitrogens with one attached hydrogen (secondary N) is 2. The van der Waals surface area contributed by atoms with Crippen LogP contribution in [0.3, 0.4) is 0 Å². The van der Waals surface area contributed by atoms with E-state index in [0.717, 1.165) is 16.9 Å². The van der Waals surface area contributed by atoms with E-state index in [1.54, 1.807) is 32.6 Å². The molecular weight excluding hydrogens is 386 g/mol. The maximum Gasteiger partial charge on any atom is 0.187 e. The molecule has 0 aliphatic rings. The highest BCUT2D eigenvalue weighted by Gasteiger charge is 2.10. The first-order valence-electron chi connectivity index (χ1n) is 8.27. The zero-order chi connectivity index (χ0) is 19.6. The summed E-state index contributed by atoms with van der Waals surface area (Å²) in [5, 5.41) is 8.06. The van der Waals surface area contributed by atoms with Gasteiger partial charge in [0, 0.05) is 6.54 Å². The lowest BCUT2D eigenvalue weighted by atomic mass is 10.2. The van der Waals surface area contributed by atoms with Crippen molar-refractivity contribution in [2.45, 2.75) is 13.5 Å². The molecule has 0 amide bonds. The molecule has 6 nitrogen and oxygen atoms in total. The Morgan fingerprint density at radius 2 is 1.93 bits per heavy atom. The lowest BCUT2D eigenvalue weighted by Crippen LogP contribution is -2.31. The summed E-state index contributed by atoms with van der Waals surface area (Å²) >= 11 is 11.5. The number of ether oxygens (including phenoxy) is 3. The number of benzene rings is 2. The van der Waals surface area contributed by atoms with Crippen LogP contribution < -0.4 is 25.0 Å². The quantitative estimate of drug-likeness (QED) is 0.394. The molecule has 0 aromatic heterocycles. The predicted octanol–water partition coefficient (Wildman–Crippen LogP) is 3.75. The topological polar surface area (TPSA) is 64.1 Å². The fourth-order valence-electron chi connectivity index (χ4n) is 2.23. The van der Waals surface area contributed by atoms with E-state index in [4.69, 9.17) is 38.0 Å². The SMILES string of the molecule is CCOc1c(Cl)cc(/C=N\NC(=S)NCc2ccc(OC)cc2)cc1OC. The van der Waals surface area contributed by atoms with Gasteiger partial charge in [0.05, 0.1) is 32.1 Å². The molecule has 0 atom stereocenters. The summed E-state index contributed by atoms with van der Waals surface area (Å²) in [6.07, 6.45) is 1.60. The summed E-state index contributed by atoms with van der Waals surface area (Å²) in [4.78, 5) is 0. The third-order valence-corrected chi connectivity index (χ3v) is 4.05. The highest BCUT2D eigenvalue weighted by atomic mass is 35.5. The van der Waals surface area contributed by atoms with Crippen molar-refractivity contribution in [2.24, 2.45) is 5.10 Å². The summed E-state index contributed by atoms with van der Waals surface area (Å²) in [6.45, 7) is 2.96. The van der Waals surface area contributed by atoms with Crippen LogP contribution in [0, 0.1) is 0 Å². The molecule has 0 spiro atoms. The molecule has 2 aromatic rings. The molecule has 0 fully saturated rings. The molecule has 144 valence electrons. The van der Waals surface area contributed by atoms with Crippen molar-refractivity contribution in [1.29, 1.82) is 0 Å². The molecule has 2 aromatic carbocycles. The Kier molecular flexibility index (Phi) is 8.16. The second kappa shape index (κ2) is 10.6. The van der Waals surface area contributed by atoms with Gasteiger partial charge in [-0.25, -0.2) is 0 Å². The number of methoxy groups -OCH3 is 2. The van der Waals surface area contributed by atoms with Crippen LogP contribution in [0.1, 0.15) is 18.1 Å². The molecule has 0 unspecified atom stereocenters. The van der Waals surface area contributed by atoms with Crippen molar-refractivity contribution in [3.8, 4) is 17.2 Å². The number of hydrazone groups is 1. The summed E-state index contributed by atoms with van der Waals surface area (Å²) in [6, 6.07) is 11.3. The smallest absolute Gasteiger partial charge is 0.187 e. The third-order valence-electron chi connectivity index (χ3n) is 3.53. The van der Waals surface area contributed by atoms with E-state index in [9.17, 15) is 0 Å².